The maximum Gasteiger partial charge on any atom is 0.283 e. The smallest absolute Gasteiger partial charge is 0.283 e. The number of benzene rings is 3. The number of phenols is 2. The van der Waals surface area contributed by atoms with Crippen LogP contribution in [0.4, 0.5) is 0 Å². The molecule has 0 radical (unpaired) electrons. The summed E-state index contributed by atoms with van der Waals surface area (Å²) in [6.07, 6.45) is 0. The van der Waals surface area contributed by atoms with Gasteiger partial charge in [0.1, 0.15) is 11.5 Å². The monoisotopic (exact) mass is 492 g/mol. The van der Waals surface area contributed by atoms with Crippen molar-refractivity contribution in [1.29, 1.82) is 0 Å². The van der Waals surface area contributed by atoms with E-state index in [0.29, 0.717) is 0 Å². The molecule has 0 heterocycles. The van der Waals surface area contributed by atoms with Crippen molar-refractivity contribution >= 4 is 56.5 Å². The Morgan fingerprint density at radius 2 is 1.17 bits per heavy atom. The molecule has 0 fully saturated rings. The number of hydrogen-bond acceptors (Lipinski definition) is 4. The third kappa shape index (κ3) is 3.77. The lowest BCUT2D eigenvalue weighted by Crippen LogP contribution is -2.38. The van der Waals surface area contributed by atoms with Crippen LogP contribution in [0.3, 0.4) is 0 Å². The van der Waals surface area contributed by atoms with Crippen LogP contribution in [0.25, 0.3) is 0 Å². The average Bonchev–Trinajstić information content (AvgIpc) is 2.63. The fourth-order valence-electron chi connectivity index (χ4n) is 3.18. The summed E-state index contributed by atoms with van der Waals surface area (Å²) in [5.74, 6) is -1.00. The first-order valence-corrected chi connectivity index (χ1v) is 10.8. The molecule has 0 saturated carbocycles. The Morgan fingerprint density at radius 3 is 1.59 bits per heavy atom. The molecule has 0 aliphatic carbocycles. The third-order valence-electron chi connectivity index (χ3n) is 4.39. The van der Waals surface area contributed by atoms with E-state index >= 15 is 0 Å². The van der Waals surface area contributed by atoms with E-state index in [2.05, 4.69) is 0 Å². The van der Waals surface area contributed by atoms with Crippen molar-refractivity contribution in [3.8, 4) is 11.5 Å². The predicted molar refractivity (Wildman–Crippen MR) is 114 cm³/mol. The zero-order valence-corrected chi connectivity index (χ0v) is 18.1. The summed E-state index contributed by atoms with van der Waals surface area (Å²) in [7, 11) is -5.13. The van der Waals surface area contributed by atoms with Gasteiger partial charge < -0.3 is 10.2 Å². The zero-order chi connectivity index (χ0) is 21.6. The molecule has 0 amide bonds. The molecule has 0 bridgehead atoms. The summed E-state index contributed by atoms with van der Waals surface area (Å²) >= 11 is 24.2. The van der Waals surface area contributed by atoms with Crippen molar-refractivity contribution < 1.29 is 23.2 Å². The summed E-state index contributed by atoms with van der Waals surface area (Å²) in [6.45, 7) is 0. The van der Waals surface area contributed by atoms with Gasteiger partial charge in [-0.25, -0.2) is 0 Å². The van der Waals surface area contributed by atoms with Crippen LogP contribution in [0.5, 0.6) is 11.5 Å². The van der Waals surface area contributed by atoms with Gasteiger partial charge in [0.05, 0.1) is 10.0 Å². The van der Waals surface area contributed by atoms with Crippen LogP contribution in [0.1, 0.15) is 16.7 Å². The maximum atomic E-state index is 12.9. The molecule has 0 aliphatic heterocycles. The maximum absolute atomic E-state index is 12.9. The second-order valence-electron chi connectivity index (χ2n) is 6.11. The van der Waals surface area contributed by atoms with Gasteiger partial charge in [-0.05, 0) is 54.1 Å². The van der Waals surface area contributed by atoms with Gasteiger partial charge in [0.15, 0.2) is 4.75 Å². The second-order valence-corrected chi connectivity index (χ2v) is 9.36. The highest BCUT2D eigenvalue weighted by Gasteiger charge is 2.52. The topological polar surface area (TPSA) is 94.8 Å². The van der Waals surface area contributed by atoms with Crippen LogP contribution in [0, 0.1) is 0 Å². The van der Waals surface area contributed by atoms with Gasteiger partial charge >= 0.3 is 0 Å². The Hall–Kier alpha value is -1.67. The van der Waals surface area contributed by atoms with Crippen molar-refractivity contribution in [2.75, 3.05) is 0 Å². The highest BCUT2D eigenvalue weighted by molar-refractivity contribution is 7.87. The van der Waals surface area contributed by atoms with Crippen LogP contribution >= 0.6 is 46.4 Å². The number of halogens is 4. The molecule has 0 aromatic heterocycles. The molecular formula is C19H12Cl4O5S. The van der Waals surface area contributed by atoms with E-state index in [1.165, 1.54) is 30.3 Å². The standard InChI is InChI=1S/C19H12Cl4O5S/c20-11-2-5-17(24)13(8-11)19(29(26,27)28,10-1-4-15(22)16(23)7-10)14-9-12(21)3-6-18(14)25/h1-9,24-25H,(H,26,27,28). The summed E-state index contributed by atoms with van der Waals surface area (Å²) in [4.78, 5) is 0. The normalized spacial score (nSPS) is 12.2. The summed E-state index contributed by atoms with van der Waals surface area (Å²) < 4.78 is 33.8. The molecule has 10 heteroatoms. The summed E-state index contributed by atoms with van der Waals surface area (Å²) in [5, 5.41) is 21.3. The zero-order valence-electron chi connectivity index (χ0n) is 14.3. The Morgan fingerprint density at radius 1 is 0.690 bits per heavy atom. The van der Waals surface area contributed by atoms with Gasteiger partial charge in [-0.3, -0.25) is 4.55 Å². The molecule has 3 aromatic rings. The van der Waals surface area contributed by atoms with E-state index in [4.69, 9.17) is 46.4 Å². The number of phenolic OH excluding ortho intramolecular Hbond substituents is 2. The molecule has 0 spiro atoms. The minimum Gasteiger partial charge on any atom is -0.508 e. The Bertz CT molecular complexity index is 1160. The number of aromatic hydroxyl groups is 2. The van der Waals surface area contributed by atoms with Crippen LogP contribution in [-0.2, 0) is 14.9 Å². The van der Waals surface area contributed by atoms with E-state index in [0.717, 1.165) is 24.3 Å². The van der Waals surface area contributed by atoms with Crippen LogP contribution < -0.4 is 0 Å². The quantitative estimate of drug-likeness (QED) is 0.311. The van der Waals surface area contributed by atoms with Gasteiger partial charge in [-0.2, -0.15) is 8.42 Å². The van der Waals surface area contributed by atoms with Crippen molar-refractivity contribution in [2.24, 2.45) is 0 Å². The van der Waals surface area contributed by atoms with Crippen molar-refractivity contribution in [1.82, 2.24) is 0 Å². The van der Waals surface area contributed by atoms with Gasteiger partial charge in [0, 0.05) is 21.2 Å². The highest BCUT2D eigenvalue weighted by Crippen LogP contribution is 2.51. The van der Waals surface area contributed by atoms with E-state index < -0.39 is 26.4 Å². The SMILES string of the molecule is O=S(=O)(O)C(c1ccc(Cl)c(Cl)c1)(c1cc(Cl)ccc1O)c1cc(Cl)ccc1O. The molecular weight excluding hydrogens is 482 g/mol. The van der Waals surface area contributed by atoms with Crippen molar-refractivity contribution in [2.45, 2.75) is 4.75 Å². The lowest BCUT2D eigenvalue weighted by molar-refractivity contribution is 0.428. The minimum atomic E-state index is -5.13. The molecule has 5 nitrogen and oxygen atoms in total. The van der Waals surface area contributed by atoms with Gasteiger partial charge in [0.2, 0.25) is 0 Å². The molecule has 3 rings (SSSR count). The number of rotatable bonds is 4. The Kier molecular flexibility index (Phi) is 5.98. The van der Waals surface area contributed by atoms with Crippen LogP contribution in [0.15, 0.2) is 54.6 Å². The second kappa shape index (κ2) is 7.87. The first-order chi connectivity index (χ1) is 13.5. The molecule has 152 valence electrons. The first-order valence-electron chi connectivity index (χ1n) is 7.89. The third-order valence-corrected chi connectivity index (χ3v) is 7.05. The molecule has 0 unspecified atom stereocenters. The fourth-order valence-corrected chi connectivity index (χ4v) is 5.13. The van der Waals surface area contributed by atoms with Gasteiger partial charge in [-0.15, -0.1) is 0 Å². The largest absolute Gasteiger partial charge is 0.508 e. The Labute approximate surface area is 186 Å². The van der Waals surface area contributed by atoms with Gasteiger partial charge in [-0.1, -0.05) is 52.5 Å². The lowest BCUT2D eigenvalue weighted by Gasteiger charge is -2.33. The molecule has 3 N–H and O–H groups in total. The minimum absolute atomic E-state index is 0.0137. The van der Waals surface area contributed by atoms with Crippen LogP contribution in [-0.4, -0.2) is 23.2 Å². The first kappa shape index (κ1) is 22.0. The molecule has 29 heavy (non-hydrogen) atoms. The Balaban J connectivity index is 2.62. The average molecular weight is 494 g/mol. The molecule has 3 aromatic carbocycles. The van der Waals surface area contributed by atoms with E-state index in [9.17, 15) is 23.2 Å². The van der Waals surface area contributed by atoms with Crippen molar-refractivity contribution in [3.05, 3.63) is 91.4 Å². The summed E-state index contributed by atoms with van der Waals surface area (Å²) in [6, 6.07) is 11.1. The predicted octanol–water partition coefficient (Wildman–Crippen LogP) is 5.89. The van der Waals surface area contributed by atoms with E-state index in [-0.39, 0.29) is 36.8 Å². The van der Waals surface area contributed by atoms with E-state index in [1.807, 2.05) is 0 Å². The molecule has 0 saturated heterocycles. The van der Waals surface area contributed by atoms with Crippen molar-refractivity contribution in [3.63, 3.8) is 0 Å². The number of hydrogen-bond donors (Lipinski definition) is 3. The van der Waals surface area contributed by atoms with Crippen LogP contribution in [0.2, 0.25) is 20.1 Å². The van der Waals surface area contributed by atoms with Gasteiger partial charge in [0.25, 0.3) is 10.1 Å². The fraction of sp³-hybridized carbons (Fsp3) is 0.0526. The van der Waals surface area contributed by atoms with E-state index in [1.54, 1.807) is 0 Å². The summed E-state index contributed by atoms with van der Waals surface area (Å²) in [5.41, 5.74) is -0.739. The highest BCUT2D eigenvalue weighted by atomic mass is 35.5. The molecule has 0 atom stereocenters. The lowest BCUT2D eigenvalue weighted by atomic mass is 9.83. The molecule has 0 aliphatic rings.